The van der Waals surface area contributed by atoms with E-state index in [1.165, 1.54) is 17.6 Å². The van der Waals surface area contributed by atoms with Gasteiger partial charge in [-0.3, -0.25) is 4.18 Å². The van der Waals surface area contributed by atoms with E-state index in [4.69, 9.17) is 13.7 Å². The Bertz CT molecular complexity index is 638. The molecule has 0 aromatic heterocycles. The van der Waals surface area contributed by atoms with Crippen LogP contribution in [0.2, 0.25) is 0 Å². The molecule has 1 aromatic carbocycles. The SMILES string of the molecule is C=C(C)CCCC(C)(O)C1(CCCCOCc2ccccc2)OC(C)OSCCCS1. The van der Waals surface area contributed by atoms with E-state index in [2.05, 4.69) is 18.7 Å². The van der Waals surface area contributed by atoms with Gasteiger partial charge in [0.15, 0.2) is 6.29 Å². The van der Waals surface area contributed by atoms with Crippen LogP contribution < -0.4 is 0 Å². The number of benzene rings is 1. The summed E-state index contributed by atoms with van der Waals surface area (Å²) in [4.78, 5) is -0.689. The fourth-order valence-electron chi connectivity index (χ4n) is 3.75. The highest BCUT2D eigenvalue weighted by Gasteiger charge is 2.49. The lowest BCUT2D eigenvalue weighted by atomic mass is 9.88. The molecule has 0 spiro atoms. The molecule has 1 aliphatic heterocycles. The zero-order valence-corrected chi connectivity index (χ0v) is 21.1. The van der Waals surface area contributed by atoms with Crippen LogP contribution in [-0.4, -0.2) is 40.0 Å². The predicted octanol–water partition coefficient (Wildman–Crippen LogP) is 6.73. The third-order valence-electron chi connectivity index (χ3n) is 5.51. The monoisotopic (exact) mass is 468 g/mol. The molecule has 3 unspecified atom stereocenters. The first-order chi connectivity index (χ1) is 14.8. The van der Waals surface area contributed by atoms with Crippen LogP contribution in [0.4, 0.5) is 0 Å². The molecule has 1 aromatic rings. The number of rotatable bonds is 12. The first-order valence-corrected chi connectivity index (χ1v) is 13.3. The summed E-state index contributed by atoms with van der Waals surface area (Å²) in [5.41, 5.74) is 1.39. The largest absolute Gasteiger partial charge is 0.386 e. The van der Waals surface area contributed by atoms with Crippen molar-refractivity contribution in [3.63, 3.8) is 0 Å². The van der Waals surface area contributed by atoms with Crippen LogP contribution >= 0.6 is 23.8 Å². The second-order valence-corrected chi connectivity index (χ2v) is 10.8. The van der Waals surface area contributed by atoms with Crippen LogP contribution in [0.3, 0.4) is 0 Å². The normalized spacial score (nSPS) is 24.6. The molecule has 4 nitrogen and oxygen atoms in total. The van der Waals surface area contributed by atoms with Crippen LogP contribution in [0.5, 0.6) is 0 Å². The topological polar surface area (TPSA) is 47.9 Å². The molecule has 1 heterocycles. The van der Waals surface area contributed by atoms with Gasteiger partial charge in [0.05, 0.1) is 6.61 Å². The molecular formula is C25H40O4S2. The summed E-state index contributed by atoms with van der Waals surface area (Å²) >= 11 is 3.22. The maximum absolute atomic E-state index is 11.6. The van der Waals surface area contributed by atoms with Crippen molar-refractivity contribution in [3.05, 3.63) is 48.0 Å². The Balaban J connectivity index is 1.95. The molecule has 31 heavy (non-hydrogen) atoms. The van der Waals surface area contributed by atoms with Crippen molar-refractivity contribution in [1.29, 1.82) is 0 Å². The van der Waals surface area contributed by atoms with Gasteiger partial charge in [-0.05, 0) is 89.1 Å². The quantitative estimate of drug-likeness (QED) is 0.208. The zero-order chi connectivity index (χ0) is 22.6. The fourth-order valence-corrected chi connectivity index (χ4v) is 6.05. The number of hydrogen-bond acceptors (Lipinski definition) is 6. The minimum absolute atomic E-state index is 0.363. The van der Waals surface area contributed by atoms with E-state index in [0.29, 0.717) is 19.6 Å². The first-order valence-electron chi connectivity index (χ1n) is 11.4. The van der Waals surface area contributed by atoms with Gasteiger partial charge in [0.2, 0.25) is 0 Å². The highest BCUT2D eigenvalue weighted by molar-refractivity contribution is 8.00. The van der Waals surface area contributed by atoms with Gasteiger partial charge in [0.25, 0.3) is 0 Å². The smallest absolute Gasteiger partial charge is 0.169 e. The lowest BCUT2D eigenvalue weighted by Gasteiger charge is -2.46. The van der Waals surface area contributed by atoms with Crippen LogP contribution in [0.25, 0.3) is 0 Å². The summed E-state index contributed by atoms with van der Waals surface area (Å²) in [5, 5.41) is 11.6. The second kappa shape index (κ2) is 13.9. The molecule has 0 aliphatic carbocycles. The number of allylic oxidation sites excluding steroid dienone is 1. The van der Waals surface area contributed by atoms with Gasteiger partial charge >= 0.3 is 0 Å². The van der Waals surface area contributed by atoms with Crippen molar-refractivity contribution >= 4 is 23.8 Å². The molecule has 0 bridgehead atoms. The molecule has 1 saturated heterocycles. The minimum atomic E-state index is -0.954. The minimum Gasteiger partial charge on any atom is -0.386 e. The van der Waals surface area contributed by atoms with Crippen molar-refractivity contribution in [1.82, 2.24) is 0 Å². The van der Waals surface area contributed by atoms with Crippen molar-refractivity contribution < 1.29 is 18.8 Å². The molecule has 0 radical (unpaired) electrons. The van der Waals surface area contributed by atoms with E-state index in [-0.39, 0.29) is 6.29 Å². The molecule has 3 atom stereocenters. The predicted molar refractivity (Wildman–Crippen MR) is 133 cm³/mol. The maximum Gasteiger partial charge on any atom is 0.169 e. The van der Waals surface area contributed by atoms with E-state index in [9.17, 15) is 5.11 Å². The molecule has 0 saturated carbocycles. The van der Waals surface area contributed by atoms with E-state index in [1.54, 1.807) is 11.8 Å². The maximum atomic E-state index is 11.6. The summed E-state index contributed by atoms with van der Waals surface area (Å²) in [6.45, 7) is 11.2. The highest BCUT2D eigenvalue weighted by Crippen LogP contribution is 2.46. The molecular weight excluding hydrogens is 428 g/mol. The number of unbranched alkanes of at least 4 members (excludes halogenated alkanes) is 1. The summed E-state index contributed by atoms with van der Waals surface area (Å²) < 4.78 is 18.1. The summed E-state index contributed by atoms with van der Waals surface area (Å²) in [6.07, 6.45) is 5.81. The number of aliphatic hydroxyl groups is 1. The number of hydrogen-bond donors (Lipinski definition) is 1. The van der Waals surface area contributed by atoms with E-state index < -0.39 is 10.5 Å². The van der Waals surface area contributed by atoms with E-state index in [0.717, 1.165) is 55.6 Å². The molecule has 1 aliphatic rings. The molecule has 1 fully saturated rings. The average molecular weight is 469 g/mol. The molecule has 6 heteroatoms. The third-order valence-corrected chi connectivity index (χ3v) is 8.07. The number of thioether (sulfide) groups is 1. The second-order valence-electron chi connectivity index (χ2n) is 8.64. The van der Waals surface area contributed by atoms with Crippen LogP contribution in [0, 0.1) is 0 Å². The van der Waals surface area contributed by atoms with Gasteiger partial charge in [0, 0.05) is 12.4 Å². The molecule has 176 valence electrons. The van der Waals surface area contributed by atoms with Crippen molar-refractivity contribution in [2.75, 3.05) is 18.1 Å². The Kier molecular flexibility index (Phi) is 12.0. The Labute approximate surface area is 197 Å². The van der Waals surface area contributed by atoms with Gasteiger partial charge in [-0.1, -0.05) is 35.9 Å². The fraction of sp³-hybridized carbons (Fsp3) is 0.680. The van der Waals surface area contributed by atoms with Crippen LogP contribution in [0.15, 0.2) is 42.5 Å². The molecule has 1 N–H and O–H groups in total. The number of ether oxygens (including phenoxy) is 2. The lowest BCUT2D eigenvalue weighted by Crippen LogP contribution is -2.53. The summed E-state index contributed by atoms with van der Waals surface area (Å²) in [7, 11) is 0. The Morgan fingerprint density at radius 2 is 2.03 bits per heavy atom. The lowest BCUT2D eigenvalue weighted by molar-refractivity contribution is -0.193. The van der Waals surface area contributed by atoms with Gasteiger partial charge in [0.1, 0.15) is 10.5 Å². The van der Waals surface area contributed by atoms with E-state index >= 15 is 0 Å². The molecule has 0 amide bonds. The van der Waals surface area contributed by atoms with Gasteiger partial charge in [-0.2, -0.15) is 0 Å². The van der Waals surface area contributed by atoms with Crippen LogP contribution in [0.1, 0.15) is 71.3 Å². The Hall–Kier alpha value is -0.500. The zero-order valence-electron chi connectivity index (χ0n) is 19.4. The van der Waals surface area contributed by atoms with Crippen molar-refractivity contribution in [2.24, 2.45) is 0 Å². The van der Waals surface area contributed by atoms with Crippen molar-refractivity contribution in [2.45, 2.75) is 89.1 Å². The summed E-state index contributed by atoms with van der Waals surface area (Å²) in [5.74, 6) is 1.89. The first kappa shape index (κ1) is 26.7. The summed E-state index contributed by atoms with van der Waals surface area (Å²) in [6, 6.07) is 10.2. The molecule has 2 rings (SSSR count). The highest BCUT2D eigenvalue weighted by atomic mass is 32.2. The van der Waals surface area contributed by atoms with Crippen molar-refractivity contribution in [3.8, 4) is 0 Å². The van der Waals surface area contributed by atoms with Crippen LogP contribution in [-0.2, 0) is 20.3 Å². The van der Waals surface area contributed by atoms with Gasteiger partial charge in [-0.25, -0.2) is 0 Å². The average Bonchev–Trinajstić information content (AvgIpc) is 2.82. The third kappa shape index (κ3) is 9.48. The van der Waals surface area contributed by atoms with Gasteiger partial charge < -0.3 is 14.6 Å². The standard InChI is InChI=1S/C25H40O4S2/c1-21(2)12-10-15-24(4,26)25(28-22(3)29-31-19-11-18-30-25)16-8-9-17-27-20-23-13-6-5-7-14-23/h5-7,13-14,22,26H,1,8-12,15-20H2,2-4H3. The van der Waals surface area contributed by atoms with E-state index in [1.807, 2.05) is 39.0 Å². The van der Waals surface area contributed by atoms with Gasteiger partial charge in [-0.15, -0.1) is 18.3 Å². The Morgan fingerprint density at radius 1 is 1.26 bits per heavy atom. The Morgan fingerprint density at radius 3 is 2.77 bits per heavy atom.